The average molecular weight is 232 g/mol. The first kappa shape index (κ1) is 11.7. The van der Waals surface area contributed by atoms with Crippen molar-refractivity contribution in [2.45, 2.75) is 12.6 Å². The number of allylic oxidation sites excluding steroid dienone is 1. The number of carbonyl (C=O) groups is 1. The van der Waals surface area contributed by atoms with E-state index in [1.165, 1.54) is 0 Å². The van der Waals surface area contributed by atoms with E-state index in [-0.39, 0.29) is 6.23 Å². The average Bonchev–Trinajstić information content (AvgIpc) is 2.26. The van der Waals surface area contributed by atoms with Crippen LogP contribution in [-0.2, 0) is 11.2 Å². The van der Waals surface area contributed by atoms with Gasteiger partial charge < -0.3 is 10.5 Å². The number of rotatable bonds is 2. The van der Waals surface area contributed by atoms with E-state index < -0.39 is 5.91 Å². The quantitative estimate of drug-likeness (QED) is 0.839. The highest BCUT2D eigenvalue weighted by Crippen LogP contribution is 2.33. The summed E-state index contributed by atoms with van der Waals surface area (Å²) in [5.74, 6) is 0.295. The maximum Gasteiger partial charge on any atom is 0.248 e. The van der Waals surface area contributed by atoms with Gasteiger partial charge in [0, 0.05) is 17.5 Å². The molecule has 4 heteroatoms. The van der Waals surface area contributed by atoms with Crippen molar-refractivity contribution in [2.24, 2.45) is 5.73 Å². The Kier molecular flexibility index (Phi) is 2.90. The first-order valence-corrected chi connectivity index (χ1v) is 5.42. The molecule has 2 rings (SSSR count). The first-order valence-electron chi connectivity index (χ1n) is 5.42. The Hall–Kier alpha value is -1.81. The topological polar surface area (TPSA) is 55.6 Å². The summed E-state index contributed by atoms with van der Waals surface area (Å²) >= 11 is 0. The van der Waals surface area contributed by atoms with Crippen molar-refractivity contribution >= 4 is 5.91 Å². The molecule has 0 saturated heterocycles. The number of ether oxygens (including phenoxy) is 1. The Morgan fingerprint density at radius 3 is 2.82 bits per heavy atom. The minimum atomic E-state index is -0.411. The van der Waals surface area contributed by atoms with Crippen LogP contribution in [-0.4, -0.2) is 24.9 Å². The standard InChI is InChI=1S/C13H16N2O2/c1-8-6-10-7-9(12(14)16)4-5-11(10)13(17-8)15(2)3/h4-5,7,13H,1,6H2,2-3H3,(H2,14,16). The zero-order chi connectivity index (χ0) is 12.6. The van der Waals surface area contributed by atoms with Crippen LogP contribution in [0.5, 0.6) is 0 Å². The van der Waals surface area contributed by atoms with Gasteiger partial charge in [0.25, 0.3) is 0 Å². The molecule has 1 aliphatic heterocycles. The number of amides is 1. The summed E-state index contributed by atoms with van der Waals surface area (Å²) in [5, 5.41) is 0. The minimum absolute atomic E-state index is 0.145. The molecule has 0 fully saturated rings. The summed E-state index contributed by atoms with van der Waals surface area (Å²) in [7, 11) is 3.88. The Bertz CT molecular complexity index is 480. The predicted molar refractivity (Wildman–Crippen MR) is 65.3 cm³/mol. The molecule has 2 N–H and O–H groups in total. The minimum Gasteiger partial charge on any atom is -0.476 e. The van der Waals surface area contributed by atoms with Gasteiger partial charge in [-0.3, -0.25) is 9.69 Å². The van der Waals surface area contributed by atoms with Gasteiger partial charge in [-0.05, 0) is 31.8 Å². The maximum absolute atomic E-state index is 11.1. The zero-order valence-electron chi connectivity index (χ0n) is 10.1. The normalized spacial score (nSPS) is 18.8. The fourth-order valence-electron chi connectivity index (χ4n) is 2.01. The highest BCUT2D eigenvalue weighted by atomic mass is 16.5. The predicted octanol–water partition coefficient (Wildman–Crippen LogP) is 1.43. The molecule has 0 bridgehead atoms. The van der Waals surface area contributed by atoms with Gasteiger partial charge in [0.1, 0.15) is 0 Å². The second kappa shape index (κ2) is 4.22. The lowest BCUT2D eigenvalue weighted by atomic mass is 9.96. The van der Waals surface area contributed by atoms with Crippen LogP contribution < -0.4 is 5.73 Å². The number of primary amides is 1. The molecule has 1 atom stereocenters. The number of hydrogen-bond acceptors (Lipinski definition) is 3. The SMILES string of the molecule is C=C1Cc2cc(C(N)=O)ccc2C(N(C)C)O1. The molecule has 0 saturated carbocycles. The van der Waals surface area contributed by atoms with Crippen molar-refractivity contribution in [3.63, 3.8) is 0 Å². The van der Waals surface area contributed by atoms with E-state index in [9.17, 15) is 4.79 Å². The Morgan fingerprint density at radius 1 is 1.53 bits per heavy atom. The molecule has 1 amide bonds. The van der Waals surface area contributed by atoms with E-state index in [0.29, 0.717) is 17.7 Å². The van der Waals surface area contributed by atoms with Gasteiger partial charge in [0.15, 0.2) is 6.23 Å². The van der Waals surface area contributed by atoms with Crippen molar-refractivity contribution in [1.29, 1.82) is 0 Å². The number of hydrogen-bond donors (Lipinski definition) is 1. The monoisotopic (exact) mass is 232 g/mol. The summed E-state index contributed by atoms with van der Waals surface area (Å²) in [6.45, 7) is 3.86. The van der Waals surface area contributed by atoms with Crippen molar-refractivity contribution < 1.29 is 9.53 Å². The van der Waals surface area contributed by atoms with Gasteiger partial charge in [-0.2, -0.15) is 0 Å². The molecule has 1 aromatic carbocycles. The van der Waals surface area contributed by atoms with E-state index >= 15 is 0 Å². The lowest BCUT2D eigenvalue weighted by molar-refractivity contribution is -0.00539. The zero-order valence-corrected chi connectivity index (χ0v) is 10.1. The molecule has 17 heavy (non-hydrogen) atoms. The van der Waals surface area contributed by atoms with Crippen LogP contribution in [0.3, 0.4) is 0 Å². The number of carbonyl (C=O) groups excluding carboxylic acids is 1. The molecule has 90 valence electrons. The molecule has 1 aliphatic rings. The van der Waals surface area contributed by atoms with E-state index in [4.69, 9.17) is 10.5 Å². The number of nitrogens with two attached hydrogens (primary N) is 1. The van der Waals surface area contributed by atoms with Crippen molar-refractivity contribution in [3.05, 3.63) is 47.2 Å². The van der Waals surface area contributed by atoms with Crippen LogP contribution in [0.15, 0.2) is 30.5 Å². The molecule has 1 aromatic rings. The Balaban J connectivity index is 2.47. The molecule has 0 aliphatic carbocycles. The van der Waals surface area contributed by atoms with Gasteiger partial charge in [0.05, 0.1) is 5.76 Å². The molecular weight excluding hydrogens is 216 g/mol. The molecule has 0 spiro atoms. The second-order valence-electron chi connectivity index (χ2n) is 4.43. The highest BCUT2D eigenvalue weighted by molar-refractivity contribution is 5.93. The summed E-state index contributed by atoms with van der Waals surface area (Å²) in [6, 6.07) is 5.45. The van der Waals surface area contributed by atoms with E-state index in [1.807, 2.05) is 31.1 Å². The summed E-state index contributed by atoms with van der Waals surface area (Å²) in [6.07, 6.45) is 0.481. The molecule has 1 unspecified atom stereocenters. The number of fused-ring (bicyclic) bond motifs is 1. The molecule has 4 nitrogen and oxygen atoms in total. The van der Waals surface area contributed by atoms with Crippen molar-refractivity contribution in [1.82, 2.24) is 4.90 Å². The largest absolute Gasteiger partial charge is 0.476 e. The summed E-state index contributed by atoms with van der Waals surface area (Å²) < 4.78 is 5.69. The van der Waals surface area contributed by atoms with E-state index in [2.05, 4.69) is 6.58 Å². The third kappa shape index (κ3) is 2.17. The maximum atomic E-state index is 11.1. The van der Waals surface area contributed by atoms with Crippen LogP contribution in [0, 0.1) is 0 Å². The van der Waals surface area contributed by atoms with Gasteiger partial charge in [-0.25, -0.2) is 0 Å². The fourth-order valence-corrected chi connectivity index (χ4v) is 2.01. The Labute approximate surface area is 101 Å². The highest BCUT2D eigenvalue weighted by Gasteiger charge is 2.25. The van der Waals surface area contributed by atoms with Crippen LogP contribution in [0.2, 0.25) is 0 Å². The molecule has 0 radical (unpaired) electrons. The van der Waals surface area contributed by atoms with Gasteiger partial charge in [-0.15, -0.1) is 0 Å². The van der Waals surface area contributed by atoms with E-state index in [1.54, 1.807) is 6.07 Å². The van der Waals surface area contributed by atoms with Gasteiger partial charge in [-0.1, -0.05) is 12.6 Å². The fraction of sp³-hybridized carbons (Fsp3) is 0.308. The van der Waals surface area contributed by atoms with Crippen LogP contribution in [0.1, 0.15) is 27.7 Å². The van der Waals surface area contributed by atoms with Gasteiger partial charge in [0.2, 0.25) is 5.91 Å². The Morgan fingerprint density at radius 2 is 2.24 bits per heavy atom. The van der Waals surface area contributed by atoms with Crippen molar-refractivity contribution in [3.8, 4) is 0 Å². The summed E-state index contributed by atoms with van der Waals surface area (Å²) in [5.41, 5.74) is 7.91. The first-order chi connectivity index (χ1) is 7.99. The van der Waals surface area contributed by atoms with Crippen LogP contribution in [0.4, 0.5) is 0 Å². The molecule has 1 heterocycles. The lowest BCUT2D eigenvalue weighted by Crippen LogP contribution is -2.27. The molecule has 0 aromatic heterocycles. The number of nitrogens with zero attached hydrogens (tertiary/aromatic N) is 1. The summed E-state index contributed by atoms with van der Waals surface area (Å²) in [4.78, 5) is 13.1. The molecular formula is C13H16N2O2. The van der Waals surface area contributed by atoms with Crippen LogP contribution >= 0.6 is 0 Å². The van der Waals surface area contributed by atoms with Crippen LogP contribution in [0.25, 0.3) is 0 Å². The lowest BCUT2D eigenvalue weighted by Gasteiger charge is -2.32. The third-order valence-electron chi connectivity index (χ3n) is 2.83. The smallest absolute Gasteiger partial charge is 0.248 e. The van der Waals surface area contributed by atoms with E-state index in [0.717, 1.165) is 11.1 Å². The number of benzene rings is 1. The van der Waals surface area contributed by atoms with Gasteiger partial charge >= 0.3 is 0 Å². The second-order valence-corrected chi connectivity index (χ2v) is 4.43. The van der Waals surface area contributed by atoms with Crippen molar-refractivity contribution in [2.75, 3.05) is 14.1 Å². The third-order valence-corrected chi connectivity index (χ3v) is 2.83.